The topological polar surface area (TPSA) is 113 Å². The number of halogens is 3. The van der Waals surface area contributed by atoms with E-state index < -0.39 is 17.6 Å². The van der Waals surface area contributed by atoms with E-state index in [4.69, 9.17) is 14.2 Å². The number of benzene rings is 3. The van der Waals surface area contributed by atoms with Gasteiger partial charge in [-0.05, 0) is 84.8 Å². The number of carbonyl (C=O) groups excluding carboxylic acids is 2. The van der Waals surface area contributed by atoms with Crippen LogP contribution in [0.2, 0.25) is 0 Å². The first-order valence-corrected chi connectivity index (χ1v) is 18.5. The molecule has 0 bridgehead atoms. The van der Waals surface area contributed by atoms with E-state index in [0.29, 0.717) is 61.8 Å². The van der Waals surface area contributed by atoms with Crippen LogP contribution in [0.5, 0.6) is 11.5 Å². The van der Waals surface area contributed by atoms with Crippen LogP contribution in [0.1, 0.15) is 62.3 Å². The monoisotopic (exact) mass is 772 g/mol. The highest BCUT2D eigenvalue weighted by molar-refractivity contribution is 6.04. The Bertz CT molecular complexity index is 2120. The molecule has 296 valence electrons. The van der Waals surface area contributed by atoms with E-state index in [1.165, 1.54) is 26.4 Å². The van der Waals surface area contributed by atoms with Crippen molar-refractivity contribution in [2.45, 2.75) is 52.1 Å². The van der Waals surface area contributed by atoms with Gasteiger partial charge in [0.05, 0.1) is 38.9 Å². The molecule has 0 radical (unpaired) electrons. The quantitative estimate of drug-likeness (QED) is 0.113. The van der Waals surface area contributed by atoms with Crippen molar-refractivity contribution in [3.63, 3.8) is 0 Å². The number of hydrogen-bond acceptors (Lipinski definition) is 9. The van der Waals surface area contributed by atoms with Gasteiger partial charge in [0.25, 0.3) is 5.91 Å². The van der Waals surface area contributed by atoms with Crippen molar-refractivity contribution in [1.29, 1.82) is 0 Å². The van der Waals surface area contributed by atoms with Gasteiger partial charge < -0.3 is 24.6 Å². The number of carbonyl (C=O) groups is 2. The first-order valence-electron chi connectivity index (χ1n) is 18.5. The Kier molecular flexibility index (Phi) is 12.5. The molecule has 0 aliphatic carbocycles. The summed E-state index contributed by atoms with van der Waals surface area (Å²) in [7, 11) is 4.30. The van der Waals surface area contributed by atoms with Gasteiger partial charge >= 0.3 is 12.1 Å². The van der Waals surface area contributed by atoms with E-state index in [1.54, 1.807) is 31.5 Å². The summed E-state index contributed by atoms with van der Waals surface area (Å²) < 4.78 is 59.5. The Morgan fingerprint density at radius 1 is 0.857 bits per heavy atom. The van der Waals surface area contributed by atoms with E-state index in [9.17, 15) is 27.9 Å². The number of pyridine rings is 1. The highest BCUT2D eigenvalue weighted by Gasteiger charge is 2.35. The van der Waals surface area contributed by atoms with Crippen LogP contribution in [0.3, 0.4) is 0 Å². The molecule has 2 N–H and O–H groups in total. The van der Waals surface area contributed by atoms with Crippen molar-refractivity contribution in [2.24, 2.45) is 5.92 Å². The molecule has 4 aromatic rings. The van der Waals surface area contributed by atoms with Gasteiger partial charge in [0.2, 0.25) is 0 Å². The second-order valence-electron chi connectivity index (χ2n) is 14.3. The Hall–Kier alpha value is -5.24. The van der Waals surface area contributed by atoms with Crippen LogP contribution < -0.4 is 14.8 Å². The molecule has 0 saturated carbocycles. The van der Waals surface area contributed by atoms with Crippen LogP contribution >= 0.6 is 0 Å². The lowest BCUT2D eigenvalue weighted by Crippen LogP contribution is -2.24. The number of amides is 1. The standard InChI is InChI=1S/C43H47F3N4O6/c1-26-28(12-13-29-19-39(54-3)31(18-36(29)43(44,45)46)23-49-16-14-30(22-49)42(53)56-5)8-6-9-34(26)35-10-7-11-37(27(35)2)48-41(52)38-20-40(55-4)32(21-47-38)24-50-17-15-33(51)25-50/h6-13,18-21,30,33,51H,14-17,22-25H2,1-5H3,(H,48,52)/b13-12+/t30-,33-/m1/s1. The summed E-state index contributed by atoms with van der Waals surface area (Å²) in [5.74, 6) is -0.185. The number of likely N-dealkylation sites (tertiary alicyclic amines) is 2. The van der Waals surface area contributed by atoms with Crippen molar-refractivity contribution >= 4 is 29.7 Å². The third kappa shape index (κ3) is 9.07. The maximum absolute atomic E-state index is 14.5. The van der Waals surface area contributed by atoms with Gasteiger partial charge in [-0.15, -0.1) is 0 Å². The lowest BCUT2D eigenvalue weighted by molar-refractivity contribution is -0.145. The van der Waals surface area contributed by atoms with Crippen LogP contribution in [0.15, 0.2) is 60.8 Å². The van der Waals surface area contributed by atoms with Crippen LogP contribution in [0, 0.1) is 19.8 Å². The van der Waals surface area contributed by atoms with Gasteiger partial charge in [0, 0.05) is 61.8 Å². The fourth-order valence-electron chi connectivity index (χ4n) is 7.56. The van der Waals surface area contributed by atoms with Crippen LogP contribution in [-0.2, 0) is 28.8 Å². The second kappa shape index (κ2) is 17.3. The third-order valence-electron chi connectivity index (χ3n) is 10.7. The molecule has 2 aliphatic rings. The molecule has 0 unspecified atom stereocenters. The molecule has 1 amide bonds. The number of hydrogen-bond donors (Lipinski definition) is 2. The number of esters is 1. The normalized spacial score (nSPS) is 17.7. The Morgan fingerprint density at radius 3 is 2.18 bits per heavy atom. The van der Waals surface area contributed by atoms with E-state index in [2.05, 4.69) is 15.2 Å². The zero-order valence-electron chi connectivity index (χ0n) is 32.2. The number of methoxy groups -OCH3 is 3. The average molecular weight is 773 g/mol. The lowest BCUT2D eigenvalue weighted by Gasteiger charge is -2.20. The number of nitrogens with one attached hydrogen (secondary N) is 1. The number of ether oxygens (including phenoxy) is 3. The molecule has 2 atom stereocenters. The molecule has 56 heavy (non-hydrogen) atoms. The zero-order valence-corrected chi connectivity index (χ0v) is 32.2. The molecule has 2 fully saturated rings. The molecule has 3 aromatic carbocycles. The summed E-state index contributed by atoms with van der Waals surface area (Å²) in [6.45, 7) is 6.86. The lowest BCUT2D eigenvalue weighted by atomic mass is 9.92. The maximum atomic E-state index is 14.5. The molecule has 2 aliphatic heterocycles. The highest BCUT2D eigenvalue weighted by atomic mass is 19.4. The smallest absolute Gasteiger partial charge is 0.417 e. The summed E-state index contributed by atoms with van der Waals surface area (Å²) in [5.41, 5.74) is 5.23. The minimum atomic E-state index is -4.63. The number of aliphatic hydroxyl groups excluding tert-OH is 1. The Balaban J connectivity index is 1.22. The number of aliphatic hydroxyl groups is 1. The molecular formula is C43H47F3N4O6. The van der Waals surface area contributed by atoms with E-state index in [0.717, 1.165) is 46.0 Å². The molecule has 3 heterocycles. The molecule has 13 heteroatoms. The Morgan fingerprint density at radius 2 is 1.50 bits per heavy atom. The first-order chi connectivity index (χ1) is 26.8. The predicted octanol–water partition coefficient (Wildman–Crippen LogP) is 7.39. The predicted molar refractivity (Wildman–Crippen MR) is 208 cm³/mol. The maximum Gasteiger partial charge on any atom is 0.417 e. The minimum absolute atomic E-state index is 0.0363. The number of nitrogens with zero attached hydrogens (tertiary/aromatic N) is 3. The fourth-order valence-corrected chi connectivity index (χ4v) is 7.56. The molecule has 1 aromatic heterocycles. The van der Waals surface area contributed by atoms with Crippen molar-refractivity contribution < 1.29 is 42.1 Å². The molecule has 2 saturated heterocycles. The SMILES string of the molecule is COC(=O)[C@@H]1CCN(Cc2cc(C(F)(F)F)c(/C=C/c3cccc(-c4cccc(NC(=O)c5cc(OC)c(CN6CC[C@@H](O)C6)cn5)c4C)c3C)cc2OC)C1. The van der Waals surface area contributed by atoms with Gasteiger partial charge in [-0.1, -0.05) is 42.5 Å². The summed E-state index contributed by atoms with van der Waals surface area (Å²) in [4.78, 5) is 33.9. The zero-order chi connectivity index (χ0) is 40.1. The number of aromatic nitrogens is 1. The van der Waals surface area contributed by atoms with E-state index in [-0.39, 0.29) is 35.8 Å². The van der Waals surface area contributed by atoms with E-state index in [1.807, 2.05) is 49.1 Å². The van der Waals surface area contributed by atoms with Gasteiger partial charge in [-0.3, -0.25) is 24.4 Å². The first kappa shape index (κ1) is 40.4. The van der Waals surface area contributed by atoms with Crippen molar-refractivity contribution in [3.8, 4) is 22.6 Å². The second-order valence-corrected chi connectivity index (χ2v) is 14.3. The summed E-state index contributed by atoms with van der Waals surface area (Å²) >= 11 is 0. The Labute approximate surface area is 324 Å². The third-order valence-corrected chi connectivity index (χ3v) is 10.7. The van der Waals surface area contributed by atoms with Gasteiger partial charge in [0.15, 0.2) is 0 Å². The molecule has 6 rings (SSSR count). The van der Waals surface area contributed by atoms with Crippen LogP contribution in [0.4, 0.5) is 18.9 Å². The largest absolute Gasteiger partial charge is 0.496 e. The highest BCUT2D eigenvalue weighted by Crippen LogP contribution is 2.39. The molecule has 0 spiro atoms. The van der Waals surface area contributed by atoms with E-state index >= 15 is 0 Å². The number of anilines is 1. The van der Waals surface area contributed by atoms with Gasteiger partial charge in [0.1, 0.15) is 17.2 Å². The van der Waals surface area contributed by atoms with Crippen LogP contribution in [0.25, 0.3) is 23.3 Å². The number of β-amino-alcohol motifs (C(OH)–C–C–N with tert-alkyl or cyclic N) is 1. The van der Waals surface area contributed by atoms with Gasteiger partial charge in [-0.2, -0.15) is 13.2 Å². The number of rotatable bonds is 12. The fraction of sp³-hybridized carbons (Fsp3) is 0.372. The minimum Gasteiger partial charge on any atom is -0.496 e. The van der Waals surface area contributed by atoms with Crippen molar-refractivity contribution in [1.82, 2.24) is 14.8 Å². The summed E-state index contributed by atoms with van der Waals surface area (Å²) in [5, 5.41) is 12.9. The van der Waals surface area contributed by atoms with Crippen LogP contribution in [-0.4, -0.2) is 85.4 Å². The van der Waals surface area contributed by atoms with Gasteiger partial charge in [-0.25, -0.2) is 0 Å². The number of alkyl halides is 3. The summed E-state index contributed by atoms with van der Waals surface area (Å²) in [6.07, 6.45) is 1.06. The van der Waals surface area contributed by atoms with Crippen molar-refractivity contribution in [3.05, 3.63) is 105 Å². The summed E-state index contributed by atoms with van der Waals surface area (Å²) in [6, 6.07) is 15.4. The molecular weight excluding hydrogens is 725 g/mol. The average Bonchev–Trinajstić information content (AvgIpc) is 3.83. The molecule has 10 nitrogen and oxygen atoms in total. The van der Waals surface area contributed by atoms with Crippen molar-refractivity contribution in [2.75, 3.05) is 52.8 Å².